The first-order chi connectivity index (χ1) is 42.4. The van der Waals surface area contributed by atoms with Crippen LogP contribution in [0.3, 0.4) is 0 Å². The van der Waals surface area contributed by atoms with E-state index in [2.05, 4.69) is 39.8 Å². The molecule has 0 aliphatic rings. The van der Waals surface area contributed by atoms with Gasteiger partial charge < -0.3 is 14.6 Å². The summed E-state index contributed by atoms with van der Waals surface area (Å²) in [6, 6.07) is 0. The van der Waals surface area contributed by atoms with Crippen LogP contribution in [0.2, 0.25) is 0 Å². The molecule has 5 unspecified atom stereocenters. The number of hydrogen-bond acceptors (Lipinski definition) is 4. The van der Waals surface area contributed by atoms with E-state index >= 15 is 0 Å². The molecule has 0 saturated carbocycles. The van der Waals surface area contributed by atoms with Gasteiger partial charge in [-0.2, -0.15) is 0 Å². The van der Waals surface area contributed by atoms with Gasteiger partial charge in [0.05, 0.1) is 25.2 Å². The van der Waals surface area contributed by atoms with Gasteiger partial charge in [0, 0.05) is 7.11 Å². The molecule has 4 nitrogen and oxygen atoms in total. The van der Waals surface area contributed by atoms with Crippen molar-refractivity contribution in [1.29, 1.82) is 0 Å². The molecule has 0 aliphatic heterocycles. The molecule has 0 spiro atoms. The lowest BCUT2D eigenvalue weighted by Crippen LogP contribution is -2.29. The molecule has 0 bridgehead atoms. The fourth-order valence-electron chi connectivity index (χ4n) is 14.0. The van der Waals surface area contributed by atoms with E-state index < -0.39 is 6.10 Å². The Balaban J connectivity index is 3.53. The highest BCUT2D eigenvalue weighted by molar-refractivity contribution is 5.72. The zero-order valence-electron chi connectivity index (χ0n) is 60.3. The summed E-state index contributed by atoms with van der Waals surface area (Å²) in [5, 5.41) is 10.9. The molecule has 0 radical (unpaired) electrons. The summed E-state index contributed by atoms with van der Waals surface area (Å²) in [4.78, 5) is 12.5. The lowest BCUT2D eigenvalue weighted by atomic mass is 9.91. The van der Waals surface area contributed by atoms with Crippen molar-refractivity contribution < 1.29 is 19.4 Å². The van der Waals surface area contributed by atoms with Crippen LogP contribution in [-0.4, -0.2) is 37.5 Å². The minimum Gasteiger partial charge on any atom is -0.469 e. The van der Waals surface area contributed by atoms with E-state index in [4.69, 9.17) is 9.47 Å². The molecule has 0 amide bonds. The number of aliphatic hydroxyl groups is 1. The van der Waals surface area contributed by atoms with Crippen LogP contribution in [0.4, 0.5) is 0 Å². The second-order valence-electron chi connectivity index (χ2n) is 28.8. The molecule has 1 N–H and O–H groups in total. The molecular weight excluding hydrogens is 1050 g/mol. The van der Waals surface area contributed by atoms with Crippen molar-refractivity contribution in [3.05, 3.63) is 12.2 Å². The topological polar surface area (TPSA) is 55.8 Å². The Morgan fingerprint density at radius 1 is 0.314 bits per heavy atom. The number of esters is 1. The quantitative estimate of drug-likeness (QED) is 0.0375. The normalized spacial score (nSPS) is 13.7. The predicted molar refractivity (Wildman–Crippen MR) is 385 cm³/mol. The van der Waals surface area contributed by atoms with Crippen LogP contribution in [0.15, 0.2) is 12.2 Å². The van der Waals surface area contributed by atoms with E-state index in [9.17, 15) is 9.90 Å². The Bertz CT molecular complexity index is 1280. The number of hydrogen-bond donors (Lipinski definition) is 1. The van der Waals surface area contributed by atoms with E-state index in [0.717, 1.165) is 44.4 Å². The molecule has 0 aromatic heterocycles. The maximum absolute atomic E-state index is 12.5. The lowest BCUT2D eigenvalue weighted by Gasteiger charge is -2.22. The van der Waals surface area contributed by atoms with Crippen molar-refractivity contribution in [3.8, 4) is 0 Å². The summed E-state index contributed by atoms with van der Waals surface area (Å²) in [6.45, 7) is 9.48. The number of rotatable bonds is 75. The summed E-state index contributed by atoms with van der Waals surface area (Å²) >= 11 is 0. The van der Waals surface area contributed by atoms with Gasteiger partial charge in [0.1, 0.15) is 0 Å². The van der Waals surface area contributed by atoms with E-state index in [0.29, 0.717) is 12.0 Å². The molecule has 5 atom stereocenters. The first-order valence-electron chi connectivity index (χ1n) is 40.4. The summed E-state index contributed by atoms with van der Waals surface area (Å²) in [5.74, 6) is 0.883. The molecule has 0 aromatic carbocycles. The molecule has 0 fully saturated rings. The summed E-state index contributed by atoms with van der Waals surface area (Å²) in [6.07, 6.45) is 98.0. The first-order valence-corrected chi connectivity index (χ1v) is 40.4. The lowest BCUT2D eigenvalue weighted by molar-refractivity contribution is -0.150. The summed E-state index contributed by atoms with van der Waals surface area (Å²) in [7, 11) is 3.43. The summed E-state index contributed by atoms with van der Waals surface area (Å²) in [5.41, 5.74) is 0. The Hall–Kier alpha value is -0.870. The second kappa shape index (κ2) is 73.2. The van der Waals surface area contributed by atoms with Crippen LogP contribution >= 0.6 is 0 Å². The number of allylic oxidation sites excluding steroid dienone is 2. The Morgan fingerprint density at radius 3 is 0.849 bits per heavy atom. The molecule has 0 aliphatic carbocycles. The van der Waals surface area contributed by atoms with Crippen molar-refractivity contribution in [2.24, 2.45) is 17.8 Å². The Morgan fingerprint density at radius 2 is 0.558 bits per heavy atom. The van der Waals surface area contributed by atoms with Crippen molar-refractivity contribution in [2.75, 3.05) is 14.2 Å². The van der Waals surface area contributed by atoms with Crippen LogP contribution in [0, 0.1) is 17.8 Å². The van der Waals surface area contributed by atoms with Crippen LogP contribution in [0.5, 0.6) is 0 Å². The Kier molecular flexibility index (Phi) is 72.4. The average molecular weight is 1210 g/mol. The first kappa shape index (κ1) is 85.1. The summed E-state index contributed by atoms with van der Waals surface area (Å²) < 4.78 is 11.1. The SMILES string of the molecule is CCCCCCCCCCCCCCCCCCCCCCC(C(=O)OC)C(O)CCCCCCCCCCCCCCCCCC(C)/C=C/CCCCCCCCCCCCCC(OC)C(C)CCCCCCCCCCCCCCCCCC. The highest BCUT2D eigenvalue weighted by Gasteiger charge is 2.27. The number of carbonyl (C=O) groups excluding carboxylic acids is 1. The average Bonchev–Trinajstić information content (AvgIpc) is 3.58. The van der Waals surface area contributed by atoms with Crippen molar-refractivity contribution in [2.45, 2.75) is 477 Å². The predicted octanol–water partition coefficient (Wildman–Crippen LogP) is 28.5. The Labute approximate surface area is 543 Å². The maximum Gasteiger partial charge on any atom is 0.311 e. The zero-order valence-corrected chi connectivity index (χ0v) is 60.3. The smallest absolute Gasteiger partial charge is 0.311 e. The van der Waals surface area contributed by atoms with Gasteiger partial charge in [-0.3, -0.25) is 4.79 Å². The van der Waals surface area contributed by atoms with E-state index in [1.807, 2.05) is 7.11 Å². The molecule has 514 valence electrons. The maximum atomic E-state index is 12.5. The van der Waals surface area contributed by atoms with Crippen molar-refractivity contribution >= 4 is 5.97 Å². The van der Waals surface area contributed by atoms with Crippen molar-refractivity contribution in [3.63, 3.8) is 0 Å². The monoisotopic (exact) mass is 1210 g/mol. The third-order valence-electron chi connectivity index (χ3n) is 20.3. The van der Waals surface area contributed by atoms with Crippen LogP contribution < -0.4 is 0 Å². The number of methoxy groups -OCH3 is 2. The second-order valence-corrected chi connectivity index (χ2v) is 28.8. The van der Waals surface area contributed by atoms with Gasteiger partial charge in [0.2, 0.25) is 0 Å². The molecular formula is C82H162O4. The van der Waals surface area contributed by atoms with Gasteiger partial charge in [-0.25, -0.2) is 0 Å². The number of carbonyl (C=O) groups is 1. The molecule has 0 saturated heterocycles. The fraction of sp³-hybridized carbons (Fsp3) is 0.963. The van der Waals surface area contributed by atoms with Gasteiger partial charge in [0.25, 0.3) is 0 Å². The van der Waals surface area contributed by atoms with Crippen LogP contribution in [-0.2, 0) is 14.3 Å². The number of aliphatic hydroxyl groups excluding tert-OH is 1. The van der Waals surface area contributed by atoms with Gasteiger partial charge in [0.15, 0.2) is 0 Å². The van der Waals surface area contributed by atoms with E-state index in [1.54, 1.807) is 0 Å². The van der Waals surface area contributed by atoms with Crippen LogP contribution in [0.25, 0.3) is 0 Å². The number of unbranched alkanes of at least 4 members (excludes halogenated alkanes) is 59. The number of ether oxygens (including phenoxy) is 2. The minimum absolute atomic E-state index is 0.214. The fourth-order valence-corrected chi connectivity index (χ4v) is 14.0. The molecule has 0 rings (SSSR count). The van der Waals surface area contributed by atoms with Gasteiger partial charge in [-0.05, 0) is 56.8 Å². The molecule has 0 aromatic rings. The minimum atomic E-state index is -0.557. The highest BCUT2D eigenvalue weighted by Crippen LogP contribution is 2.25. The van der Waals surface area contributed by atoms with Gasteiger partial charge in [-0.15, -0.1) is 0 Å². The highest BCUT2D eigenvalue weighted by atomic mass is 16.5. The van der Waals surface area contributed by atoms with Crippen molar-refractivity contribution in [1.82, 2.24) is 0 Å². The molecule has 4 heteroatoms. The van der Waals surface area contributed by atoms with E-state index in [1.165, 1.54) is 405 Å². The van der Waals surface area contributed by atoms with E-state index in [-0.39, 0.29) is 11.9 Å². The van der Waals surface area contributed by atoms with Gasteiger partial charge >= 0.3 is 5.97 Å². The molecule has 0 heterocycles. The standard InChI is InChI=1S/C82H162O4/c1-7-9-11-13-15-17-19-21-23-25-26-27-28-32-38-44-50-56-62-68-74-79(82(84)86-6)80(83)75-69-63-57-51-45-39-33-29-30-35-41-47-53-59-65-71-77(3)72-66-60-54-48-42-36-34-40-46-52-58-64-70-76-81(85-5)78(4)73-67-61-55-49-43-37-31-24-22-20-18-16-14-12-10-8-2/h66,72,77-81,83H,7-65,67-71,73-76H2,1-6H3/b72-66+. The molecule has 86 heavy (non-hydrogen) atoms. The third kappa shape index (κ3) is 64.7. The third-order valence-corrected chi connectivity index (χ3v) is 20.3. The zero-order chi connectivity index (χ0) is 62.4. The van der Waals surface area contributed by atoms with Crippen LogP contribution in [0.1, 0.15) is 464 Å². The van der Waals surface area contributed by atoms with Gasteiger partial charge in [-0.1, -0.05) is 432 Å². The largest absolute Gasteiger partial charge is 0.469 e.